The highest BCUT2D eigenvalue weighted by atomic mass is 16.3. The molecule has 14 heavy (non-hydrogen) atoms. The van der Waals surface area contributed by atoms with Crippen molar-refractivity contribution in [2.45, 2.75) is 45.3 Å². The van der Waals surface area contributed by atoms with Gasteiger partial charge in [-0.1, -0.05) is 6.92 Å². The maximum Gasteiger partial charge on any atom is 0.0780 e. The highest BCUT2D eigenvalue weighted by molar-refractivity contribution is 4.97. The molecule has 0 spiro atoms. The van der Waals surface area contributed by atoms with E-state index in [0.717, 1.165) is 25.0 Å². The van der Waals surface area contributed by atoms with Crippen molar-refractivity contribution in [3.63, 3.8) is 0 Å². The molecule has 3 heteroatoms. The number of aliphatic hydroxyl groups is 1. The number of rotatable bonds is 1. The number of aromatic nitrogens is 2. The average Bonchev–Trinajstić information content (AvgIpc) is 2.56. The second kappa shape index (κ2) is 3.73. The van der Waals surface area contributed by atoms with Gasteiger partial charge in [0.25, 0.3) is 0 Å². The zero-order chi connectivity index (χ0) is 10.1. The van der Waals surface area contributed by atoms with E-state index in [9.17, 15) is 5.11 Å². The lowest BCUT2D eigenvalue weighted by Gasteiger charge is -2.31. The monoisotopic (exact) mass is 194 g/mol. The van der Waals surface area contributed by atoms with Crippen LogP contribution in [0.1, 0.15) is 37.9 Å². The molecule has 0 bridgehead atoms. The molecule has 78 valence electrons. The number of aliphatic hydroxyl groups excluding tert-OH is 1. The Morgan fingerprint density at radius 1 is 1.50 bits per heavy atom. The van der Waals surface area contributed by atoms with Crippen molar-refractivity contribution in [3.05, 3.63) is 18.0 Å². The van der Waals surface area contributed by atoms with Gasteiger partial charge in [0.05, 0.1) is 17.8 Å². The fraction of sp³-hybridized carbons (Fsp3) is 0.727. The van der Waals surface area contributed by atoms with Crippen LogP contribution in [0, 0.1) is 12.8 Å². The summed E-state index contributed by atoms with van der Waals surface area (Å²) in [4.78, 5) is 0. The Morgan fingerprint density at radius 2 is 2.29 bits per heavy atom. The first-order chi connectivity index (χ1) is 6.66. The van der Waals surface area contributed by atoms with Crippen LogP contribution in [0.3, 0.4) is 0 Å². The second-order valence-electron chi connectivity index (χ2n) is 4.49. The summed E-state index contributed by atoms with van der Waals surface area (Å²) < 4.78 is 1.93. The van der Waals surface area contributed by atoms with Crippen molar-refractivity contribution >= 4 is 0 Å². The SMILES string of the molecule is Cc1ccn(C2CC(C)CCC2O)n1. The van der Waals surface area contributed by atoms with Crippen molar-refractivity contribution in [1.82, 2.24) is 9.78 Å². The maximum atomic E-state index is 9.89. The van der Waals surface area contributed by atoms with Crippen LogP contribution in [-0.2, 0) is 0 Å². The summed E-state index contributed by atoms with van der Waals surface area (Å²) in [7, 11) is 0. The molecule has 1 heterocycles. The molecular formula is C11H18N2O. The first kappa shape index (κ1) is 9.71. The fourth-order valence-electron chi connectivity index (χ4n) is 2.24. The molecule has 1 aromatic rings. The lowest BCUT2D eigenvalue weighted by Crippen LogP contribution is -2.31. The summed E-state index contributed by atoms with van der Waals surface area (Å²) in [6.07, 6.45) is 4.84. The summed E-state index contributed by atoms with van der Waals surface area (Å²) in [5.41, 5.74) is 1.02. The summed E-state index contributed by atoms with van der Waals surface area (Å²) in [5.74, 6) is 0.702. The van der Waals surface area contributed by atoms with E-state index >= 15 is 0 Å². The van der Waals surface area contributed by atoms with Gasteiger partial charge in [-0.2, -0.15) is 5.10 Å². The number of hydrogen-bond donors (Lipinski definition) is 1. The third-order valence-corrected chi connectivity index (χ3v) is 3.12. The minimum atomic E-state index is -0.217. The van der Waals surface area contributed by atoms with Crippen LogP contribution in [0.25, 0.3) is 0 Å². The van der Waals surface area contributed by atoms with Gasteiger partial charge < -0.3 is 5.11 Å². The topological polar surface area (TPSA) is 38.0 Å². The zero-order valence-corrected chi connectivity index (χ0v) is 8.85. The van der Waals surface area contributed by atoms with Crippen molar-refractivity contribution in [3.8, 4) is 0 Å². The van der Waals surface area contributed by atoms with E-state index in [0.29, 0.717) is 5.92 Å². The molecule has 1 aliphatic rings. The molecule has 3 nitrogen and oxygen atoms in total. The summed E-state index contributed by atoms with van der Waals surface area (Å²) in [5, 5.41) is 14.3. The van der Waals surface area contributed by atoms with E-state index < -0.39 is 0 Å². The van der Waals surface area contributed by atoms with Gasteiger partial charge in [0.1, 0.15) is 0 Å². The van der Waals surface area contributed by atoms with E-state index in [1.54, 1.807) is 0 Å². The summed E-state index contributed by atoms with van der Waals surface area (Å²) in [6, 6.07) is 2.18. The van der Waals surface area contributed by atoms with Gasteiger partial charge in [-0.05, 0) is 38.2 Å². The molecule has 0 aromatic carbocycles. The van der Waals surface area contributed by atoms with E-state index in [1.807, 2.05) is 23.9 Å². The molecule has 1 saturated carbocycles. The number of nitrogens with zero attached hydrogens (tertiary/aromatic N) is 2. The standard InChI is InChI=1S/C11H18N2O/c1-8-3-4-11(14)10(7-8)13-6-5-9(2)12-13/h5-6,8,10-11,14H,3-4,7H2,1-2H3. The lowest BCUT2D eigenvalue weighted by atomic mass is 9.85. The Bertz CT molecular complexity index is 308. The first-order valence-corrected chi connectivity index (χ1v) is 5.36. The van der Waals surface area contributed by atoms with Gasteiger partial charge in [0.2, 0.25) is 0 Å². The maximum absolute atomic E-state index is 9.89. The molecule has 3 atom stereocenters. The highest BCUT2D eigenvalue weighted by Crippen LogP contribution is 2.32. The second-order valence-corrected chi connectivity index (χ2v) is 4.49. The Hall–Kier alpha value is -0.830. The molecule has 0 radical (unpaired) electrons. The van der Waals surface area contributed by atoms with Crippen molar-refractivity contribution in [2.75, 3.05) is 0 Å². The fourth-order valence-corrected chi connectivity index (χ4v) is 2.24. The molecule has 1 N–H and O–H groups in total. The largest absolute Gasteiger partial charge is 0.391 e. The summed E-state index contributed by atoms with van der Waals surface area (Å²) in [6.45, 7) is 4.23. The van der Waals surface area contributed by atoms with Gasteiger partial charge in [-0.25, -0.2) is 0 Å². The molecule has 0 amide bonds. The number of hydrogen-bond acceptors (Lipinski definition) is 2. The van der Waals surface area contributed by atoms with Crippen LogP contribution in [0.5, 0.6) is 0 Å². The third kappa shape index (κ3) is 1.82. The molecule has 0 aliphatic heterocycles. The lowest BCUT2D eigenvalue weighted by molar-refractivity contribution is 0.0518. The Labute approximate surface area is 84.7 Å². The molecule has 1 aliphatic carbocycles. The Balaban J connectivity index is 2.15. The minimum absolute atomic E-state index is 0.187. The molecule has 3 unspecified atom stereocenters. The van der Waals surface area contributed by atoms with Crippen LogP contribution in [0.2, 0.25) is 0 Å². The zero-order valence-electron chi connectivity index (χ0n) is 8.85. The highest BCUT2D eigenvalue weighted by Gasteiger charge is 2.28. The molecule has 2 rings (SSSR count). The Kier molecular flexibility index (Phi) is 2.59. The van der Waals surface area contributed by atoms with Crippen LogP contribution in [0.15, 0.2) is 12.3 Å². The quantitative estimate of drug-likeness (QED) is 0.741. The number of aryl methyl sites for hydroxylation is 1. The van der Waals surface area contributed by atoms with Crippen molar-refractivity contribution < 1.29 is 5.11 Å². The van der Waals surface area contributed by atoms with Crippen LogP contribution < -0.4 is 0 Å². The van der Waals surface area contributed by atoms with Gasteiger partial charge >= 0.3 is 0 Å². The molecule has 0 saturated heterocycles. The van der Waals surface area contributed by atoms with Gasteiger partial charge in [-0.15, -0.1) is 0 Å². The van der Waals surface area contributed by atoms with E-state index in [1.165, 1.54) is 0 Å². The third-order valence-electron chi connectivity index (χ3n) is 3.12. The van der Waals surface area contributed by atoms with E-state index in [-0.39, 0.29) is 12.1 Å². The molecule has 1 fully saturated rings. The average molecular weight is 194 g/mol. The smallest absolute Gasteiger partial charge is 0.0780 e. The van der Waals surface area contributed by atoms with E-state index in [4.69, 9.17) is 0 Å². The van der Waals surface area contributed by atoms with Gasteiger partial charge in [-0.3, -0.25) is 4.68 Å². The Morgan fingerprint density at radius 3 is 2.93 bits per heavy atom. The molecular weight excluding hydrogens is 176 g/mol. The van der Waals surface area contributed by atoms with Crippen LogP contribution >= 0.6 is 0 Å². The minimum Gasteiger partial charge on any atom is -0.391 e. The van der Waals surface area contributed by atoms with Crippen molar-refractivity contribution in [2.24, 2.45) is 5.92 Å². The first-order valence-electron chi connectivity index (χ1n) is 5.36. The predicted molar refractivity (Wildman–Crippen MR) is 55.0 cm³/mol. The van der Waals surface area contributed by atoms with Crippen LogP contribution in [-0.4, -0.2) is 21.0 Å². The summed E-state index contributed by atoms with van der Waals surface area (Å²) >= 11 is 0. The van der Waals surface area contributed by atoms with Gasteiger partial charge in [0.15, 0.2) is 0 Å². The molecule has 1 aromatic heterocycles. The van der Waals surface area contributed by atoms with Crippen molar-refractivity contribution in [1.29, 1.82) is 0 Å². The normalized spacial score (nSPS) is 33.2. The van der Waals surface area contributed by atoms with Crippen LogP contribution in [0.4, 0.5) is 0 Å². The van der Waals surface area contributed by atoms with Gasteiger partial charge in [0, 0.05) is 6.20 Å². The van der Waals surface area contributed by atoms with E-state index in [2.05, 4.69) is 12.0 Å². The predicted octanol–water partition coefficient (Wildman–Crippen LogP) is 1.91.